The van der Waals surface area contributed by atoms with Crippen LogP contribution in [0.15, 0.2) is 10.5 Å². The standard InChI is InChI=1S/C14H20BrNO2/c1-9-11(7-10-3-5-16-6-4-10)14(17)13(18-2)8-12(9)15/h8,10,16-17H,3-7H2,1-2H3. The molecule has 0 atom stereocenters. The molecule has 1 aromatic rings. The predicted octanol–water partition coefficient (Wildman–Crippen LogP) is 3.01. The molecule has 18 heavy (non-hydrogen) atoms. The molecule has 1 saturated heterocycles. The van der Waals surface area contributed by atoms with Crippen LogP contribution in [0.3, 0.4) is 0 Å². The Morgan fingerprint density at radius 3 is 2.72 bits per heavy atom. The summed E-state index contributed by atoms with van der Waals surface area (Å²) < 4.78 is 6.22. The van der Waals surface area contributed by atoms with Gasteiger partial charge in [-0.15, -0.1) is 0 Å². The summed E-state index contributed by atoms with van der Waals surface area (Å²) in [5.74, 6) is 1.50. The number of methoxy groups -OCH3 is 1. The van der Waals surface area contributed by atoms with Crippen LogP contribution in [0.4, 0.5) is 0 Å². The number of nitrogens with one attached hydrogen (secondary N) is 1. The molecule has 2 N–H and O–H groups in total. The van der Waals surface area contributed by atoms with E-state index in [9.17, 15) is 5.11 Å². The van der Waals surface area contributed by atoms with E-state index in [0.29, 0.717) is 17.4 Å². The molecule has 4 heteroatoms. The molecule has 2 rings (SSSR count). The molecule has 0 aliphatic carbocycles. The average molecular weight is 314 g/mol. The molecule has 0 unspecified atom stereocenters. The summed E-state index contributed by atoms with van der Waals surface area (Å²) in [6, 6.07) is 1.83. The van der Waals surface area contributed by atoms with Gasteiger partial charge in [-0.1, -0.05) is 15.9 Å². The molecule has 0 bridgehead atoms. The second-order valence-corrected chi connectivity index (χ2v) is 5.76. The van der Waals surface area contributed by atoms with Crippen molar-refractivity contribution in [3.63, 3.8) is 0 Å². The van der Waals surface area contributed by atoms with E-state index in [-0.39, 0.29) is 0 Å². The molecule has 100 valence electrons. The maximum Gasteiger partial charge on any atom is 0.161 e. The first-order valence-electron chi connectivity index (χ1n) is 6.39. The molecule has 1 aliphatic heterocycles. The molecule has 3 nitrogen and oxygen atoms in total. The third-order valence-electron chi connectivity index (χ3n) is 3.76. The van der Waals surface area contributed by atoms with E-state index in [2.05, 4.69) is 21.2 Å². The van der Waals surface area contributed by atoms with Crippen molar-refractivity contribution in [2.75, 3.05) is 20.2 Å². The highest BCUT2D eigenvalue weighted by atomic mass is 79.9. The van der Waals surface area contributed by atoms with Gasteiger partial charge in [-0.05, 0) is 56.8 Å². The lowest BCUT2D eigenvalue weighted by atomic mass is 9.88. The second kappa shape index (κ2) is 5.93. The summed E-state index contributed by atoms with van der Waals surface area (Å²) in [5.41, 5.74) is 2.14. The minimum absolute atomic E-state index is 0.303. The zero-order valence-corrected chi connectivity index (χ0v) is 12.5. The third-order valence-corrected chi connectivity index (χ3v) is 4.58. The summed E-state index contributed by atoms with van der Waals surface area (Å²) >= 11 is 3.53. The van der Waals surface area contributed by atoms with Gasteiger partial charge in [0.15, 0.2) is 11.5 Å². The quantitative estimate of drug-likeness (QED) is 0.901. The van der Waals surface area contributed by atoms with Gasteiger partial charge in [0.25, 0.3) is 0 Å². The Kier molecular flexibility index (Phi) is 4.51. The van der Waals surface area contributed by atoms with E-state index < -0.39 is 0 Å². The van der Waals surface area contributed by atoms with Crippen molar-refractivity contribution in [1.82, 2.24) is 5.32 Å². The third kappa shape index (κ3) is 2.81. The van der Waals surface area contributed by atoms with Gasteiger partial charge in [-0.25, -0.2) is 0 Å². The molecule has 0 aromatic heterocycles. The largest absolute Gasteiger partial charge is 0.504 e. The van der Waals surface area contributed by atoms with E-state index in [1.807, 2.05) is 13.0 Å². The van der Waals surface area contributed by atoms with Gasteiger partial charge in [0.1, 0.15) is 0 Å². The number of ether oxygens (including phenoxy) is 1. The minimum atomic E-state index is 0.303. The molecule has 1 aromatic carbocycles. The molecule has 1 aliphatic rings. The smallest absolute Gasteiger partial charge is 0.161 e. The number of halogens is 1. The van der Waals surface area contributed by atoms with Crippen LogP contribution < -0.4 is 10.1 Å². The predicted molar refractivity (Wildman–Crippen MR) is 76.4 cm³/mol. The minimum Gasteiger partial charge on any atom is -0.504 e. The van der Waals surface area contributed by atoms with Crippen molar-refractivity contribution in [3.8, 4) is 11.5 Å². The van der Waals surface area contributed by atoms with Gasteiger partial charge < -0.3 is 15.2 Å². The Labute approximate surface area is 117 Å². The summed E-state index contributed by atoms with van der Waals surface area (Å²) in [5, 5.41) is 13.6. The van der Waals surface area contributed by atoms with Crippen molar-refractivity contribution in [3.05, 3.63) is 21.7 Å². The molecular weight excluding hydrogens is 294 g/mol. The lowest BCUT2D eigenvalue weighted by Crippen LogP contribution is -2.28. The van der Waals surface area contributed by atoms with E-state index in [4.69, 9.17) is 4.74 Å². The van der Waals surface area contributed by atoms with Crippen molar-refractivity contribution in [2.45, 2.75) is 26.2 Å². The highest BCUT2D eigenvalue weighted by Gasteiger charge is 2.20. The van der Waals surface area contributed by atoms with Crippen LogP contribution in [0.5, 0.6) is 11.5 Å². The summed E-state index contributed by atoms with van der Waals surface area (Å²) in [6.07, 6.45) is 3.27. The van der Waals surface area contributed by atoms with Crippen molar-refractivity contribution >= 4 is 15.9 Å². The van der Waals surface area contributed by atoms with Crippen LogP contribution in [0.2, 0.25) is 0 Å². The monoisotopic (exact) mass is 313 g/mol. The number of aromatic hydroxyl groups is 1. The first-order chi connectivity index (χ1) is 8.63. The summed E-state index contributed by atoms with van der Waals surface area (Å²) in [7, 11) is 1.59. The maximum atomic E-state index is 10.3. The topological polar surface area (TPSA) is 41.5 Å². The molecule has 0 saturated carbocycles. The van der Waals surface area contributed by atoms with Gasteiger partial charge in [-0.3, -0.25) is 0 Å². The molecular formula is C14H20BrNO2. The Hall–Kier alpha value is -0.740. The second-order valence-electron chi connectivity index (χ2n) is 4.91. The summed E-state index contributed by atoms with van der Waals surface area (Å²) in [6.45, 7) is 4.20. The number of phenols is 1. The Balaban J connectivity index is 2.27. The normalized spacial score (nSPS) is 16.8. The molecule has 0 radical (unpaired) electrons. The Morgan fingerprint density at radius 2 is 2.11 bits per heavy atom. The number of hydrogen-bond donors (Lipinski definition) is 2. The number of piperidine rings is 1. The highest BCUT2D eigenvalue weighted by molar-refractivity contribution is 9.10. The van der Waals surface area contributed by atoms with Crippen LogP contribution in [0.1, 0.15) is 24.0 Å². The lowest BCUT2D eigenvalue weighted by Gasteiger charge is -2.24. The van der Waals surface area contributed by atoms with E-state index in [1.165, 1.54) is 12.8 Å². The first kappa shape index (κ1) is 13.7. The van der Waals surface area contributed by atoms with Gasteiger partial charge >= 0.3 is 0 Å². The SMILES string of the molecule is COc1cc(Br)c(C)c(CC2CCNCC2)c1O. The Morgan fingerprint density at radius 1 is 1.44 bits per heavy atom. The van der Waals surface area contributed by atoms with Crippen molar-refractivity contribution < 1.29 is 9.84 Å². The maximum absolute atomic E-state index is 10.3. The van der Waals surface area contributed by atoms with Crippen LogP contribution in [0, 0.1) is 12.8 Å². The van der Waals surface area contributed by atoms with E-state index in [1.54, 1.807) is 7.11 Å². The van der Waals surface area contributed by atoms with Crippen molar-refractivity contribution in [2.24, 2.45) is 5.92 Å². The van der Waals surface area contributed by atoms with Crippen molar-refractivity contribution in [1.29, 1.82) is 0 Å². The number of rotatable bonds is 3. The molecule has 0 amide bonds. The van der Waals surface area contributed by atoms with Gasteiger partial charge in [0, 0.05) is 10.0 Å². The van der Waals surface area contributed by atoms with Crippen LogP contribution in [0.25, 0.3) is 0 Å². The average Bonchev–Trinajstić information content (AvgIpc) is 2.40. The number of phenolic OH excluding ortho intramolecular Hbond substituents is 1. The zero-order valence-electron chi connectivity index (χ0n) is 10.9. The van der Waals surface area contributed by atoms with Crippen LogP contribution >= 0.6 is 15.9 Å². The van der Waals surface area contributed by atoms with Crippen LogP contribution in [-0.4, -0.2) is 25.3 Å². The van der Waals surface area contributed by atoms with Crippen LogP contribution in [-0.2, 0) is 6.42 Å². The number of benzene rings is 1. The zero-order chi connectivity index (χ0) is 13.1. The summed E-state index contributed by atoms with van der Waals surface area (Å²) in [4.78, 5) is 0. The number of hydrogen-bond acceptors (Lipinski definition) is 3. The van der Waals surface area contributed by atoms with Gasteiger partial charge in [0.05, 0.1) is 7.11 Å². The van der Waals surface area contributed by atoms with Gasteiger partial charge in [-0.2, -0.15) is 0 Å². The van der Waals surface area contributed by atoms with E-state index in [0.717, 1.165) is 35.1 Å². The molecule has 1 fully saturated rings. The van der Waals surface area contributed by atoms with E-state index >= 15 is 0 Å². The fraction of sp³-hybridized carbons (Fsp3) is 0.571. The molecule has 0 spiro atoms. The fourth-order valence-corrected chi connectivity index (χ4v) is 2.99. The Bertz CT molecular complexity index is 428. The first-order valence-corrected chi connectivity index (χ1v) is 7.18. The fourth-order valence-electron chi connectivity index (χ4n) is 2.54. The highest BCUT2D eigenvalue weighted by Crippen LogP contribution is 2.39. The van der Waals surface area contributed by atoms with Gasteiger partial charge in [0.2, 0.25) is 0 Å². The molecule has 1 heterocycles. The lowest BCUT2D eigenvalue weighted by molar-refractivity contribution is 0.351.